The Kier molecular flexibility index (Phi) is 2.13. The first kappa shape index (κ1) is 11.9. The molecule has 4 bridgehead atoms. The van der Waals surface area contributed by atoms with Crippen LogP contribution in [0.15, 0.2) is 0 Å². The molecule has 4 aliphatic rings. The van der Waals surface area contributed by atoms with Gasteiger partial charge < -0.3 is 4.74 Å². The topological polar surface area (TPSA) is 60.4 Å². The molecule has 5 atom stereocenters. The lowest BCUT2D eigenvalue weighted by Gasteiger charge is -2.55. The standard InChI is InChI=1S/C14H18O4/c1-7(15)18-11-4-9-8-5-14(11,3)12(17)13(9,2)6-10(8)16/h8-9,11H,4-6H2,1-3H3/t8-,9+,11-,13-,14+/m1/s1. The quantitative estimate of drug-likeness (QED) is 0.662. The van der Waals surface area contributed by atoms with Crippen LogP contribution in [0, 0.1) is 22.7 Å². The van der Waals surface area contributed by atoms with Crippen molar-refractivity contribution in [3.05, 3.63) is 0 Å². The van der Waals surface area contributed by atoms with Crippen molar-refractivity contribution in [1.82, 2.24) is 0 Å². The van der Waals surface area contributed by atoms with E-state index in [0.717, 1.165) is 0 Å². The molecule has 0 aromatic heterocycles. The molecule has 4 nitrogen and oxygen atoms in total. The van der Waals surface area contributed by atoms with Crippen molar-refractivity contribution in [3.8, 4) is 0 Å². The minimum Gasteiger partial charge on any atom is -0.461 e. The number of esters is 1. The number of ketones is 2. The fourth-order valence-electron chi connectivity index (χ4n) is 4.57. The molecule has 4 rings (SSSR count). The highest BCUT2D eigenvalue weighted by atomic mass is 16.5. The Morgan fingerprint density at radius 2 is 1.94 bits per heavy atom. The molecule has 0 radical (unpaired) electrons. The van der Waals surface area contributed by atoms with E-state index in [-0.39, 0.29) is 35.5 Å². The molecule has 4 aliphatic carbocycles. The fraction of sp³-hybridized carbons (Fsp3) is 0.786. The summed E-state index contributed by atoms with van der Waals surface area (Å²) >= 11 is 0. The van der Waals surface area contributed by atoms with Gasteiger partial charge in [0.15, 0.2) is 0 Å². The van der Waals surface area contributed by atoms with E-state index in [1.807, 2.05) is 13.8 Å². The van der Waals surface area contributed by atoms with E-state index in [0.29, 0.717) is 19.3 Å². The molecule has 4 heteroatoms. The maximum Gasteiger partial charge on any atom is 0.302 e. The van der Waals surface area contributed by atoms with Crippen LogP contribution >= 0.6 is 0 Å². The van der Waals surface area contributed by atoms with E-state index < -0.39 is 10.8 Å². The summed E-state index contributed by atoms with van der Waals surface area (Å²) in [7, 11) is 0. The summed E-state index contributed by atoms with van der Waals surface area (Å²) in [6, 6.07) is 0. The summed E-state index contributed by atoms with van der Waals surface area (Å²) in [6.07, 6.45) is 1.25. The van der Waals surface area contributed by atoms with E-state index in [4.69, 9.17) is 4.74 Å². The zero-order valence-corrected chi connectivity index (χ0v) is 11.0. The molecule has 4 fully saturated rings. The number of hydrogen-bond donors (Lipinski definition) is 0. The Morgan fingerprint density at radius 1 is 1.28 bits per heavy atom. The van der Waals surface area contributed by atoms with Crippen molar-refractivity contribution in [1.29, 1.82) is 0 Å². The van der Waals surface area contributed by atoms with E-state index in [9.17, 15) is 14.4 Å². The smallest absolute Gasteiger partial charge is 0.302 e. The highest BCUT2D eigenvalue weighted by molar-refractivity contribution is 6.02. The SMILES string of the molecule is CC(=O)O[C@@H]1C[C@H]2[C@H]3C[C@]1(C)C(=O)[C@]2(C)CC3=O. The first-order valence-corrected chi connectivity index (χ1v) is 6.54. The number of carbonyl (C=O) groups is 3. The maximum absolute atomic E-state index is 12.7. The zero-order chi connectivity index (χ0) is 13.3. The lowest BCUT2D eigenvalue weighted by atomic mass is 9.49. The van der Waals surface area contributed by atoms with Gasteiger partial charge in [-0.05, 0) is 25.7 Å². The van der Waals surface area contributed by atoms with Gasteiger partial charge in [-0.25, -0.2) is 0 Å². The maximum atomic E-state index is 12.7. The van der Waals surface area contributed by atoms with Crippen molar-refractivity contribution in [2.75, 3.05) is 0 Å². The molecule has 0 spiro atoms. The summed E-state index contributed by atoms with van der Waals surface area (Å²) in [6.45, 7) is 5.15. The second kappa shape index (κ2) is 3.22. The summed E-state index contributed by atoms with van der Waals surface area (Å²) in [4.78, 5) is 35.8. The van der Waals surface area contributed by atoms with Gasteiger partial charge in [0.25, 0.3) is 0 Å². The summed E-state index contributed by atoms with van der Waals surface area (Å²) in [5.41, 5.74) is -1.17. The Labute approximate surface area is 106 Å². The normalized spacial score (nSPS) is 49.6. The van der Waals surface area contributed by atoms with Crippen molar-refractivity contribution < 1.29 is 19.1 Å². The van der Waals surface area contributed by atoms with Crippen molar-refractivity contribution in [2.45, 2.75) is 46.1 Å². The van der Waals surface area contributed by atoms with Gasteiger partial charge in [-0.15, -0.1) is 0 Å². The van der Waals surface area contributed by atoms with E-state index in [1.54, 1.807) is 0 Å². The van der Waals surface area contributed by atoms with Gasteiger partial charge in [0.05, 0.1) is 5.41 Å². The Hall–Kier alpha value is -1.19. The molecule has 18 heavy (non-hydrogen) atoms. The van der Waals surface area contributed by atoms with Crippen LogP contribution < -0.4 is 0 Å². The van der Waals surface area contributed by atoms with Gasteiger partial charge in [-0.3, -0.25) is 14.4 Å². The van der Waals surface area contributed by atoms with Crippen LogP contribution in [0.5, 0.6) is 0 Å². The monoisotopic (exact) mass is 250 g/mol. The molecule has 0 N–H and O–H groups in total. The third-order valence-electron chi connectivity index (χ3n) is 5.43. The first-order chi connectivity index (χ1) is 8.29. The average molecular weight is 250 g/mol. The number of hydrogen-bond acceptors (Lipinski definition) is 4. The molecular weight excluding hydrogens is 232 g/mol. The molecule has 0 heterocycles. The average Bonchev–Trinajstić information content (AvgIpc) is 2.46. The van der Waals surface area contributed by atoms with Gasteiger partial charge in [-0.1, -0.05) is 6.92 Å². The Bertz CT molecular complexity index is 468. The molecule has 0 aromatic rings. The number of Topliss-reactive ketones (excluding diaryl/α,β-unsaturated/α-hetero) is 2. The third kappa shape index (κ3) is 1.19. The second-order valence-electron chi connectivity index (χ2n) is 6.56. The van der Waals surface area contributed by atoms with Gasteiger partial charge in [0.2, 0.25) is 0 Å². The minimum absolute atomic E-state index is 0.00417. The number of rotatable bonds is 1. The molecule has 98 valence electrons. The predicted molar refractivity (Wildman–Crippen MR) is 62.6 cm³/mol. The fourth-order valence-corrected chi connectivity index (χ4v) is 4.57. The Morgan fingerprint density at radius 3 is 2.56 bits per heavy atom. The molecule has 0 aromatic carbocycles. The molecule has 0 unspecified atom stereocenters. The molecular formula is C14H18O4. The summed E-state index contributed by atoms with van der Waals surface area (Å²) in [5, 5.41) is 0. The van der Waals surface area contributed by atoms with Gasteiger partial charge in [0, 0.05) is 24.7 Å². The number of carbonyl (C=O) groups excluding carboxylic acids is 3. The van der Waals surface area contributed by atoms with Crippen LogP contribution in [0.4, 0.5) is 0 Å². The van der Waals surface area contributed by atoms with Crippen LogP contribution in [0.25, 0.3) is 0 Å². The van der Waals surface area contributed by atoms with Crippen molar-refractivity contribution >= 4 is 17.5 Å². The number of fused-ring (bicyclic) bond motifs is 1. The van der Waals surface area contributed by atoms with Crippen LogP contribution in [0.3, 0.4) is 0 Å². The van der Waals surface area contributed by atoms with Crippen LogP contribution in [0.1, 0.15) is 40.0 Å². The highest BCUT2D eigenvalue weighted by Crippen LogP contribution is 2.64. The molecule has 0 amide bonds. The van der Waals surface area contributed by atoms with Crippen LogP contribution in [0.2, 0.25) is 0 Å². The highest BCUT2D eigenvalue weighted by Gasteiger charge is 2.70. The van der Waals surface area contributed by atoms with Crippen LogP contribution in [-0.2, 0) is 19.1 Å². The summed E-state index contributed by atoms with van der Waals surface area (Å²) in [5.74, 6) is 0.0824. The van der Waals surface area contributed by atoms with E-state index in [1.165, 1.54) is 6.92 Å². The van der Waals surface area contributed by atoms with Crippen LogP contribution in [-0.4, -0.2) is 23.6 Å². The minimum atomic E-state index is -0.661. The molecule has 0 aliphatic heterocycles. The van der Waals surface area contributed by atoms with Gasteiger partial charge in [0.1, 0.15) is 17.7 Å². The van der Waals surface area contributed by atoms with Gasteiger partial charge in [-0.2, -0.15) is 0 Å². The van der Waals surface area contributed by atoms with Crippen molar-refractivity contribution in [3.63, 3.8) is 0 Å². The lowest BCUT2D eigenvalue weighted by Crippen LogP contribution is -2.61. The third-order valence-corrected chi connectivity index (χ3v) is 5.43. The molecule has 4 saturated carbocycles. The van der Waals surface area contributed by atoms with Crippen molar-refractivity contribution in [2.24, 2.45) is 22.7 Å². The number of ether oxygens (including phenoxy) is 1. The predicted octanol–water partition coefficient (Wildman–Crippen LogP) is 1.51. The second-order valence-corrected chi connectivity index (χ2v) is 6.56. The largest absolute Gasteiger partial charge is 0.461 e. The Balaban J connectivity index is 2.02. The summed E-state index contributed by atoms with van der Waals surface area (Å²) < 4.78 is 5.33. The first-order valence-electron chi connectivity index (χ1n) is 6.54. The lowest BCUT2D eigenvalue weighted by molar-refractivity contribution is -0.185. The van der Waals surface area contributed by atoms with E-state index >= 15 is 0 Å². The van der Waals surface area contributed by atoms with Gasteiger partial charge >= 0.3 is 5.97 Å². The van der Waals surface area contributed by atoms with E-state index in [2.05, 4.69) is 0 Å². The zero-order valence-electron chi connectivity index (χ0n) is 11.0. The molecule has 0 saturated heterocycles.